The summed E-state index contributed by atoms with van der Waals surface area (Å²) < 4.78 is 80.0. The third kappa shape index (κ3) is 8.32. The lowest BCUT2D eigenvalue weighted by Gasteiger charge is -2.48. The maximum atomic E-state index is 12.6. The molecule has 0 aromatic heterocycles. The smallest absolute Gasteiger partial charge is 0.338 e. The molecular formula is C31H34O18P2. The molecular weight excluding hydrogens is 722 g/mol. The van der Waals surface area contributed by atoms with Crippen LogP contribution in [0.3, 0.4) is 0 Å². The van der Waals surface area contributed by atoms with Crippen molar-refractivity contribution < 1.29 is 84.2 Å². The van der Waals surface area contributed by atoms with E-state index in [9.17, 15) is 19.2 Å². The first-order valence-electron chi connectivity index (χ1n) is 15.4. The number of benzene rings is 2. The third-order valence-corrected chi connectivity index (χ3v) is 10.3. The van der Waals surface area contributed by atoms with Crippen molar-refractivity contribution in [1.82, 2.24) is 0 Å². The second-order valence-corrected chi connectivity index (χ2v) is 13.1. The van der Waals surface area contributed by atoms with Crippen molar-refractivity contribution in [2.75, 3.05) is 35.0 Å². The first-order valence-corrected chi connectivity index (χ1v) is 17.5. The quantitative estimate of drug-likeness (QED) is 0.184. The van der Waals surface area contributed by atoms with Crippen LogP contribution in [0.4, 0.5) is 0 Å². The van der Waals surface area contributed by atoms with Gasteiger partial charge in [-0.1, -0.05) is 48.5 Å². The summed E-state index contributed by atoms with van der Waals surface area (Å²) in [7, 11) is -0.606. The van der Waals surface area contributed by atoms with E-state index in [0.29, 0.717) is 11.3 Å². The van der Waals surface area contributed by atoms with Gasteiger partial charge in [0.2, 0.25) is 30.7 Å². The number of hydrogen-bond acceptors (Lipinski definition) is 18. The normalized spacial score (nSPS) is 32.4. The van der Waals surface area contributed by atoms with Crippen LogP contribution >= 0.6 is 17.2 Å². The minimum Gasteiger partial charge on any atom is -0.467 e. The summed E-state index contributed by atoms with van der Waals surface area (Å²) in [6.45, 7) is -0.00272. The zero-order valence-electron chi connectivity index (χ0n) is 27.5. The Morgan fingerprint density at radius 3 is 1.53 bits per heavy atom. The number of rotatable bonds is 11. The first-order chi connectivity index (χ1) is 24.7. The minimum atomic E-state index is -2.54. The lowest BCUT2D eigenvalue weighted by molar-refractivity contribution is -0.344. The van der Waals surface area contributed by atoms with Gasteiger partial charge < -0.3 is 42.4 Å². The van der Waals surface area contributed by atoms with Crippen LogP contribution in [-0.2, 0) is 79.5 Å². The molecule has 18 nitrogen and oxygen atoms in total. The standard InChI is InChI=1S/C31H34O18P2/c1-36-26(32)21-22(27(33)37-2)46-50(45-21)44-20-19-18(15-40-30(43-19)16-11-7-5-8-12-16)42-31(41-17-13-9-6-10-14-17)25(20)49-51-47-23(28(34)38-3)24(48-51)29(35)39-4/h5-14,18-25,30-31H,15H2,1-4H3/t18-,19-,20+,21+,22+,23+,24+,25-,30?,31-/m1/s1. The van der Waals surface area contributed by atoms with Gasteiger partial charge in [0.05, 0.1) is 35.0 Å². The summed E-state index contributed by atoms with van der Waals surface area (Å²) in [5, 5.41) is 0. The molecule has 0 amide bonds. The molecule has 4 aliphatic heterocycles. The van der Waals surface area contributed by atoms with E-state index in [0.717, 1.165) is 28.4 Å². The van der Waals surface area contributed by atoms with Crippen LogP contribution in [-0.4, -0.2) is 114 Å². The van der Waals surface area contributed by atoms with Crippen molar-refractivity contribution in [2.24, 2.45) is 0 Å². The number of para-hydroxylation sites is 1. The average Bonchev–Trinajstić information content (AvgIpc) is 3.80. The number of carbonyl (C=O) groups excluding carboxylic acids is 4. The molecule has 2 aromatic rings. The second kappa shape index (κ2) is 17.0. The largest absolute Gasteiger partial charge is 0.467 e. The summed E-state index contributed by atoms with van der Waals surface area (Å²) in [5.41, 5.74) is 0.680. The van der Waals surface area contributed by atoms with Crippen molar-refractivity contribution in [2.45, 2.75) is 61.4 Å². The van der Waals surface area contributed by atoms with E-state index in [-0.39, 0.29) is 6.61 Å². The number of carbonyl (C=O) groups is 4. The van der Waals surface area contributed by atoms with Crippen molar-refractivity contribution in [3.05, 3.63) is 66.2 Å². The summed E-state index contributed by atoms with van der Waals surface area (Å²) in [4.78, 5) is 50.3. The number of ether oxygens (including phenoxy) is 8. The summed E-state index contributed by atoms with van der Waals surface area (Å²) >= 11 is 0. The fourth-order valence-electron chi connectivity index (χ4n) is 5.36. The van der Waals surface area contributed by atoms with Gasteiger partial charge in [-0.25, -0.2) is 19.2 Å². The van der Waals surface area contributed by atoms with Crippen LogP contribution in [0.15, 0.2) is 60.7 Å². The molecule has 0 aliphatic carbocycles. The maximum absolute atomic E-state index is 12.6. The Morgan fingerprint density at radius 2 is 1.06 bits per heavy atom. The van der Waals surface area contributed by atoms with Gasteiger partial charge in [0.15, 0.2) is 12.4 Å². The van der Waals surface area contributed by atoms with Gasteiger partial charge >= 0.3 is 41.1 Å². The van der Waals surface area contributed by atoms with E-state index in [4.69, 9.17) is 65.0 Å². The highest BCUT2D eigenvalue weighted by atomic mass is 31.2. The predicted molar refractivity (Wildman–Crippen MR) is 167 cm³/mol. The Labute approximate surface area is 293 Å². The highest BCUT2D eigenvalue weighted by Crippen LogP contribution is 2.56. The van der Waals surface area contributed by atoms with E-state index >= 15 is 0 Å². The van der Waals surface area contributed by atoms with Crippen molar-refractivity contribution in [3.63, 3.8) is 0 Å². The lowest BCUT2D eigenvalue weighted by Crippen LogP contribution is -2.63. The zero-order valence-corrected chi connectivity index (χ0v) is 29.3. The number of methoxy groups -OCH3 is 4. The summed E-state index contributed by atoms with van der Waals surface area (Å²) in [6, 6.07) is 17.7. The molecule has 276 valence electrons. The van der Waals surface area contributed by atoms with Crippen molar-refractivity contribution >= 4 is 41.1 Å². The Balaban J connectivity index is 1.35. The van der Waals surface area contributed by atoms with Crippen LogP contribution in [0, 0.1) is 0 Å². The minimum absolute atomic E-state index is 0.00272. The molecule has 0 spiro atoms. The van der Waals surface area contributed by atoms with E-state index in [1.165, 1.54) is 0 Å². The van der Waals surface area contributed by atoms with Gasteiger partial charge in [-0.15, -0.1) is 0 Å². The summed E-state index contributed by atoms with van der Waals surface area (Å²) in [6.07, 6.45) is -12.8. The fraction of sp³-hybridized carbons (Fsp3) is 0.484. The predicted octanol–water partition coefficient (Wildman–Crippen LogP) is 2.39. The van der Waals surface area contributed by atoms with Crippen molar-refractivity contribution in [1.29, 1.82) is 0 Å². The number of hydrogen-bond donors (Lipinski definition) is 0. The number of esters is 4. The molecule has 0 saturated carbocycles. The van der Waals surface area contributed by atoms with Gasteiger partial charge in [0, 0.05) is 5.56 Å². The van der Waals surface area contributed by atoms with Gasteiger partial charge in [0.1, 0.15) is 24.1 Å². The Morgan fingerprint density at radius 1 is 0.608 bits per heavy atom. The van der Waals surface area contributed by atoms with E-state index in [1.54, 1.807) is 42.5 Å². The molecule has 20 heteroatoms. The van der Waals surface area contributed by atoms with E-state index in [1.807, 2.05) is 18.2 Å². The molecule has 2 aromatic carbocycles. The molecule has 51 heavy (non-hydrogen) atoms. The molecule has 0 N–H and O–H groups in total. The molecule has 4 aliphatic rings. The third-order valence-electron chi connectivity index (χ3n) is 7.85. The molecule has 4 fully saturated rings. The fourth-order valence-corrected chi connectivity index (χ4v) is 8.04. The number of fused-ring (bicyclic) bond motifs is 1. The SMILES string of the molecule is COC(=O)[C@H]1OP(O[C@@H]2[C@@H](OP3O[C@H](C(=O)OC)[C@@H](C(=O)OC)O3)[C@H](Oc3ccccc3)O[C@@H]3COC(c4ccccc4)O[C@@H]23)O[C@@H]1C(=O)OC. The van der Waals surface area contributed by atoms with Gasteiger partial charge in [-0.2, -0.15) is 0 Å². The monoisotopic (exact) mass is 756 g/mol. The van der Waals surface area contributed by atoms with Crippen LogP contribution in [0.25, 0.3) is 0 Å². The zero-order chi connectivity index (χ0) is 36.1. The highest BCUT2D eigenvalue weighted by molar-refractivity contribution is 7.42. The van der Waals surface area contributed by atoms with Crippen LogP contribution in [0.5, 0.6) is 5.75 Å². The van der Waals surface area contributed by atoms with E-state index in [2.05, 4.69) is 0 Å². The van der Waals surface area contributed by atoms with Gasteiger partial charge in [0.25, 0.3) is 0 Å². The van der Waals surface area contributed by atoms with Crippen molar-refractivity contribution in [3.8, 4) is 5.75 Å². The first kappa shape index (κ1) is 37.4. The highest BCUT2D eigenvalue weighted by Gasteiger charge is 2.59. The molecule has 1 unspecified atom stereocenters. The molecule has 10 atom stereocenters. The average molecular weight is 757 g/mol. The Kier molecular flexibility index (Phi) is 12.4. The van der Waals surface area contributed by atoms with Crippen LogP contribution in [0.2, 0.25) is 0 Å². The molecule has 6 rings (SSSR count). The molecule has 4 saturated heterocycles. The van der Waals surface area contributed by atoms with E-state index < -0.39 is 102 Å². The van der Waals surface area contributed by atoms with Crippen LogP contribution in [0.1, 0.15) is 11.9 Å². The molecule has 0 radical (unpaired) electrons. The topological polar surface area (TPSA) is 197 Å². The molecule has 4 heterocycles. The summed E-state index contributed by atoms with van der Waals surface area (Å²) in [5.74, 6) is -3.29. The maximum Gasteiger partial charge on any atom is 0.338 e. The Hall–Kier alpha value is -3.38. The Bertz CT molecular complexity index is 1470. The van der Waals surface area contributed by atoms with Gasteiger partial charge in [-0.05, 0) is 12.1 Å². The second-order valence-electron chi connectivity index (χ2n) is 10.9. The lowest BCUT2D eigenvalue weighted by atomic mass is 9.98. The van der Waals surface area contributed by atoms with Gasteiger partial charge in [-0.3, -0.25) is 22.6 Å². The van der Waals surface area contributed by atoms with Crippen LogP contribution < -0.4 is 4.74 Å². The molecule has 0 bridgehead atoms.